The van der Waals surface area contributed by atoms with Gasteiger partial charge in [-0.05, 0) is 122 Å². The van der Waals surface area contributed by atoms with Crippen LogP contribution in [0.5, 0.6) is 0 Å². The molecule has 59 heavy (non-hydrogen) atoms. The number of rotatable bonds is 13. The number of ketones is 1. The first-order chi connectivity index (χ1) is 27.7. The zero-order chi connectivity index (χ0) is 42.8. The lowest BCUT2D eigenvalue weighted by Gasteiger charge is -2.72. The molecule has 0 aromatic carbocycles. The number of hydrogen-bond donors (Lipinski definition) is 2. The number of ether oxygens (including phenoxy) is 2. The van der Waals surface area contributed by atoms with Gasteiger partial charge in [-0.1, -0.05) is 60.1 Å². The normalized spacial score (nSPS) is 36.4. The number of allylic oxidation sites excluding steroid dienone is 1. The number of carbonyl (C=O) groups is 3. The molecule has 1 saturated heterocycles. The van der Waals surface area contributed by atoms with Crippen molar-refractivity contribution in [1.82, 2.24) is 14.8 Å². The van der Waals surface area contributed by atoms with Gasteiger partial charge in [0.25, 0.3) is 0 Å². The summed E-state index contributed by atoms with van der Waals surface area (Å²) in [7, 11) is 0. The van der Waals surface area contributed by atoms with Gasteiger partial charge >= 0.3 is 11.9 Å². The third kappa shape index (κ3) is 7.66. The Morgan fingerprint density at radius 1 is 1.00 bits per heavy atom. The summed E-state index contributed by atoms with van der Waals surface area (Å²) in [5.74, 6) is 0.00584. The first kappa shape index (κ1) is 44.4. The summed E-state index contributed by atoms with van der Waals surface area (Å²) < 4.78 is 11.8. The number of Topliss-reactive ketones (excluding diaryl/α,β-unsaturated/α-hetero) is 1. The van der Waals surface area contributed by atoms with Crippen LogP contribution in [0.3, 0.4) is 0 Å². The van der Waals surface area contributed by atoms with E-state index in [2.05, 4.69) is 69.3 Å². The SMILES string of the molecule is CC(C)C1=C2C3CCC4C5(C)CCC(OC(=O)CC(C)(C)C(=O)O)C(C)(C)C5CCC4(C)C3(C)CCC2(C(O)CN(CCN2CCOCC2)Cc2cccnc2)CC1=O. The minimum atomic E-state index is -1.17. The van der Waals surface area contributed by atoms with Crippen molar-refractivity contribution in [1.29, 1.82) is 0 Å². The van der Waals surface area contributed by atoms with Gasteiger partial charge in [-0.15, -0.1) is 0 Å². The number of pyridine rings is 1. The molecule has 1 aromatic heterocycles. The number of carbonyl (C=O) groups excluding carboxylic acids is 2. The molecule has 6 aliphatic rings. The van der Waals surface area contributed by atoms with Gasteiger partial charge in [-0.25, -0.2) is 0 Å². The maximum Gasteiger partial charge on any atom is 0.309 e. The Balaban J connectivity index is 1.15. The van der Waals surface area contributed by atoms with Gasteiger partial charge in [0.1, 0.15) is 6.10 Å². The van der Waals surface area contributed by atoms with E-state index in [0.717, 1.165) is 102 Å². The molecule has 328 valence electrons. The predicted molar refractivity (Wildman–Crippen MR) is 228 cm³/mol. The molecule has 0 radical (unpaired) electrons. The van der Waals surface area contributed by atoms with Crippen LogP contribution in [-0.2, 0) is 30.4 Å². The fourth-order valence-corrected chi connectivity index (χ4v) is 14.4. The first-order valence-electron chi connectivity index (χ1n) is 23.0. The molecule has 5 fully saturated rings. The Morgan fingerprint density at radius 2 is 1.73 bits per heavy atom. The van der Waals surface area contributed by atoms with Crippen molar-refractivity contribution < 1.29 is 34.1 Å². The van der Waals surface area contributed by atoms with Gasteiger partial charge in [0, 0.05) is 68.9 Å². The second-order valence-corrected chi connectivity index (χ2v) is 22.1. The van der Waals surface area contributed by atoms with Crippen molar-refractivity contribution in [2.75, 3.05) is 45.9 Å². The van der Waals surface area contributed by atoms with E-state index in [1.54, 1.807) is 13.8 Å². The molecule has 4 saturated carbocycles. The van der Waals surface area contributed by atoms with Crippen LogP contribution < -0.4 is 0 Å². The van der Waals surface area contributed by atoms with Crippen LogP contribution in [0.1, 0.15) is 132 Å². The number of aliphatic hydroxyl groups is 1. The van der Waals surface area contributed by atoms with Crippen molar-refractivity contribution in [2.24, 2.45) is 56.2 Å². The average Bonchev–Trinajstić information content (AvgIpc) is 3.49. The first-order valence-corrected chi connectivity index (χ1v) is 23.0. The fourth-order valence-electron chi connectivity index (χ4n) is 14.4. The quantitative estimate of drug-likeness (QED) is 0.189. The average molecular weight is 818 g/mol. The molecule has 10 heteroatoms. The molecule has 2 heterocycles. The molecule has 5 aliphatic carbocycles. The second-order valence-electron chi connectivity index (χ2n) is 22.1. The van der Waals surface area contributed by atoms with E-state index in [9.17, 15) is 24.6 Å². The van der Waals surface area contributed by atoms with Gasteiger partial charge < -0.3 is 19.7 Å². The molecule has 2 N–H and O–H groups in total. The topological polar surface area (TPSA) is 130 Å². The Bertz CT molecular complexity index is 1770. The fraction of sp³-hybridized carbons (Fsp3) is 0.796. The zero-order valence-electron chi connectivity index (χ0n) is 37.8. The zero-order valence-corrected chi connectivity index (χ0v) is 37.8. The molecule has 7 rings (SSSR count). The standard InChI is InChI=1S/C49H75N3O7/c1-32(2)41-35(53)27-49(38(54)31-52(30-33-11-10-20-50-29-33)22-21-51-23-25-58-26-24-51)19-18-47(8)34(42(41)49)12-13-37-46(7)16-15-39(59-40(55)28-44(3,4)43(56)57)45(5,6)36(46)14-17-48(37,47)9/h10-11,20,29,32,34,36-39,54H,12-19,21-28,30-31H2,1-9H3,(H,56,57). The molecule has 9 unspecified atom stereocenters. The van der Waals surface area contributed by atoms with E-state index < -0.39 is 28.9 Å². The van der Waals surface area contributed by atoms with E-state index in [-0.39, 0.29) is 51.8 Å². The molecule has 0 bridgehead atoms. The van der Waals surface area contributed by atoms with Crippen molar-refractivity contribution >= 4 is 17.7 Å². The minimum absolute atomic E-state index is 0.0329. The Kier molecular flexibility index (Phi) is 12.2. The van der Waals surface area contributed by atoms with Crippen molar-refractivity contribution in [3.05, 3.63) is 41.2 Å². The lowest BCUT2D eigenvalue weighted by atomic mass is 9.33. The Hall–Kier alpha value is -2.66. The summed E-state index contributed by atoms with van der Waals surface area (Å²) in [6, 6.07) is 4.10. The smallest absolute Gasteiger partial charge is 0.309 e. The number of hydrogen-bond acceptors (Lipinski definition) is 9. The number of morpholine rings is 1. The van der Waals surface area contributed by atoms with Crippen LogP contribution in [0.2, 0.25) is 0 Å². The number of nitrogens with zero attached hydrogens (tertiary/aromatic N) is 3. The van der Waals surface area contributed by atoms with Gasteiger partial charge in [-0.2, -0.15) is 0 Å². The van der Waals surface area contributed by atoms with Gasteiger partial charge in [0.15, 0.2) is 5.78 Å². The summed E-state index contributed by atoms with van der Waals surface area (Å²) in [4.78, 5) is 48.7. The summed E-state index contributed by atoms with van der Waals surface area (Å²) in [6.07, 6.45) is 10.9. The van der Waals surface area contributed by atoms with Gasteiger partial charge in [0.2, 0.25) is 0 Å². The summed E-state index contributed by atoms with van der Waals surface area (Å²) in [5.41, 5.74) is 1.51. The number of fused-ring (bicyclic) bond motifs is 7. The van der Waals surface area contributed by atoms with E-state index in [0.29, 0.717) is 31.3 Å². The Morgan fingerprint density at radius 3 is 2.39 bits per heavy atom. The van der Waals surface area contributed by atoms with Crippen molar-refractivity contribution in [2.45, 2.75) is 145 Å². The number of carboxylic acid groups (broad SMARTS) is 1. The molecular weight excluding hydrogens is 743 g/mol. The Labute approximate surface area is 354 Å². The number of esters is 1. The number of carboxylic acids is 1. The third-order valence-corrected chi connectivity index (χ3v) is 17.9. The van der Waals surface area contributed by atoms with Crippen LogP contribution in [0.25, 0.3) is 0 Å². The largest absolute Gasteiger partial charge is 0.481 e. The highest BCUT2D eigenvalue weighted by molar-refractivity contribution is 6.00. The highest BCUT2D eigenvalue weighted by Gasteiger charge is 2.71. The highest BCUT2D eigenvalue weighted by atomic mass is 16.5. The van der Waals surface area contributed by atoms with Crippen LogP contribution in [-0.4, -0.2) is 101 Å². The molecule has 0 spiro atoms. The number of aliphatic carboxylic acids is 1. The molecule has 1 aliphatic heterocycles. The number of aliphatic hydroxyl groups excluding tert-OH is 1. The van der Waals surface area contributed by atoms with E-state index in [4.69, 9.17) is 9.47 Å². The maximum atomic E-state index is 14.4. The van der Waals surface area contributed by atoms with Crippen LogP contribution in [0.4, 0.5) is 0 Å². The molecule has 0 amide bonds. The van der Waals surface area contributed by atoms with Crippen molar-refractivity contribution in [3.63, 3.8) is 0 Å². The summed E-state index contributed by atoms with van der Waals surface area (Å²) >= 11 is 0. The molecular formula is C49H75N3O7. The predicted octanol–water partition coefficient (Wildman–Crippen LogP) is 7.97. The van der Waals surface area contributed by atoms with Crippen LogP contribution >= 0.6 is 0 Å². The third-order valence-electron chi connectivity index (χ3n) is 17.9. The van der Waals surface area contributed by atoms with E-state index in [1.165, 1.54) is 5.57 Å². The van der Waals surface area contributed by atoms with Crippen LogP contribution in [0, 0.1) is 56.2 Å². The second kappa shape index (κ2) is 16.2. The lowest BCUT2D eigenvalue weighted by Crippen LogP contribution is -2.66. The monoisotopic (exact) mass is 818 g/mol. The lowest BCUT2D eigenvalue weighted by molar-refractivity contribution is -0.235. The van der Waals surface area contributed by atoms with Crippen LogP contribution in [0.15, 0.2) is 35.7 Å². The van der Waals surface area contributed by atoms with Gasteiger partial charge in [-0.3, -0.25) is 29.2 Å². The van der Waals surface area contributed by atoms with E-state index in [1.807, 2.05) is 18.5 Å². The number of aromatic nitrogens is 1. The summed E-state index contributed by atoms with van der Waals surface area (Å²) in [6.45, 7) is 26.1. The van der Waals surface area contributed by atoms with Gasteiger partial charge in [0.05, 0.1) is 31.2 Å². The summed E-state index contributed by atoms with van der Waals surface area (Å²) in [5, 5.41) is 22.5. The highest BCUT2D eigenvalue weighted by Crippen LogP contribution is 2.77. The molecule has 9 atom stereocenters. The maximum absolute atomic E-state index is 14.4. The molecule has 10 nitrogen and oxygen atoms in total. The minimum Gasteiger partial charge on any atom is -0.481 e. The molecule has 1 aromatic rings. The van der Waals surface area contributed by atoms with E-state index >= 15 is 0 Å². The van der Waals surface area contributed by atoms with Crippen molar-refractivity contribution in [3.8, 4) is 0 Å².